The van der Waals surface area contributed by atoms with Crippen LogP contribution in [0.1, 0.15) is 21.5 Å². The minimum atomic E-state index is -2.44. The summed E-state index contributed by atoms with van der Waals surface area (Å²) in [6.45, 7) is -2.44. The maximum atomic E-state index is 13.4. The highest BCUT2D eigenvalue weighted by Gasteiger charge is 2.15. The Bertz CT molecular complexity index is 387. The van der Waals surface area contributed by atoms with Gasteiger partial charge in [-0.25, -0.2) is 14.4 Å². The normalized spacial score (nSPS) is 17.8. The Balaban J connectivity index is 3.25. The number of hydrogen-bond acceptors (Lipinski definition) is 2. The molecule has 12 heavy (non-hydrogen) atoms. The van der Waals surface area contributed by atoms with Crippen molar-refractivity contribution >= 4 is 39.1 Å². The van der Waals surface area contributed by atoms with Crippen LogP contribution in [-0.2, 0) is 0 Å². The summed E-state index contributed by atoms with van der Waals surface area (Å²) in [4.78, 5) is 5.55. The monoisotopic (exact) mass is 275 g/mol. The van der Waals surface area contributed by atoms with E-state index in [-0.39, 0.29) is 11.0 Å². The molecule has 1 aromatic rings. The van der Waals surface area contributed by atoms with Crippen LogP contribution in [0.15, 0.2) is 0 Å². The molecule has 0 N–H and O–H groups in total. The number of rotatable bonds is 1. The Morgan fingerprint density at radius 3 is 2.83 bits per heavy atom. The summed E-state index contributed by atoms with van der Waals surface area (Å²) in [6.07, 6.45) is 0. The van der Waals surface area contributed by atoms with Crippen molar-refractivity contribution < 1.29 is 8.50 Å². The molecule has 66 valence electrons. The summed E-state index contributed by atoms with van der Waals surface area (Å²) >= 11 is 13.7. The highest BCUT2D eigenvalue weighted by molar-refractivity contribution is 9.09. The van der Waals surface area contributed by atoms with Crippen LogP contribution in [0.4, 0.5) is 4.39 Å². The summed E-state index contributed by atoms with van der Waals surface area (Å²) in [6, 6.07) is 0. The molecule has 2 nitrogen and oxygen atoms in total. The molecule has 0 aliphatic carbocycles. The van der Waals surface area contributed by atoms with E-state index in [2.05, 4.69) is 25.9 Å². The van der Waals surface area contributed by atoms with Gasteiger partial charge in [-0.2, -0.15) is 0 Å². The zero-order valence-electron chi connectivity index (χ0n) is 8.48. The number of nitrogens with zero attached hydrogens (tertiary/aromatic N) is 2. The minimum Gasteiger partial charge on any atom is -0.219 e. The first-order chi connectivity index (χ1) is 6.73. The van der Waals surface area contributed by atoms with Gasteiger partial charge in [0, 0.05) is 4.11 Å². The lowest BCUT2D eigenvalue weighted by atomic mass is 10.3. The van der Waals surface area contributed by atoms with Crippen LogP contribution in [0, 0.1) is 5.82 Å². The fourth-order valence-corrected chi connectivity index (χ4v) is 1.28. The Labute approximate surface area is 91.5 Å². The predicted octanol–water partition coefficient (Wildman–Crippen LogP) is 3.38. The molecule has 6 heteroatoms. The predicted molar refractivity (Wildman–Crippen MR) is 49.4 cm³/mol. The lowest BCUT2D eigenvalue weighted by Crippen LogP contribution is -1.99. The van der Waals surface area contributed by atoms with Gasteiger partial charge in [0.05, 0.1) is 10.5 Å². The Hall–Kier alpha value is 0.0700. The molecule has 0 fully saturated rings. The van der Waals surface area contributed by atoms with Crippen molar-refractivity contribution in [2.24, 2.45) is 0 Å². The summed E-state index contributed by atoms with van der Waals surface area (Å²) in [7, 11) is 0. The van der Waals surface area contributed by atoms with Crippen LogP contribution in [0.3, 0.4) is 0 Å². The fourth-order valence-electron chi connectivity index (χ4n) is 0.577. The molecule has 0 aromatic carbocycles. The van der Waals surface area contributed by atoms with E-state index in [1.807, 2.05) is 0 Å². The van der Waals surface area contributed by atoms with Gasteiger partial charge in [-0.15, -0.1) is 0 Å². The topological polar surface area (TPSA) is 25.8 Å². The lowest BCUT2D eigenvalue weighted by molar-refractivity contribution is 0.593. The maximum Gasteiger partial charge on any atom is 0.224 e. The molecule has 0 aliphatic rings. The first-order valence-electron chi connectivity index (χ1n) is 4.26. The summed E-state index contributed by atoms with van der Waals surface area (Å²) in [5, 5.41) is -0.802. The molecule has 0 aliphatic heterocycles. The second kappa shape index (κ2) is 3.85. The molecule has 0 bridgehead atoms. The zero-order chi connectivity index (χ0) is 11.8. The van der Waals surface area contributed by atoms with Gasteiger partial charge in [0.1, 0.15) is 0 Å². The van der Waals surface area contributed by atoms with Crippen molar-refractivity contribution in [2.75, 3.05) is 0 Å². The molecule has 1 heterocycles. The lowest BCUT2D eigenvalue weighted by Gasteiger charge is -2.04. The number of aromatic nitrogens is 2. The molecule has 0 saturated heterocycles. The van der Waals surface area contributed by atoms with Gasteiger partial charge in [0.2, 0.25) is 5.28 Å². The average molecular weight is 277 g/mol. The van der Waals surface area contributed by atoms with E-state index >= 15 is 0 Å². The maximum absolute atomic E-state index is 13.4. The highest BCUT2D eigenvalue weighted by Crippen LogP contribution is 2.26. The molecular formula is C6H4BrCl2FN2. The third-order valence-corrected chi connectivity index (χ3v) is 1.90. The minimum absolute atomic E-state index is 0.301. The molecule has 0 spiro atoms. The van der Waals surface area contributed by atoms with E-state index in [0.29, 0.717) is 0 Å². The van der Waals surface area contributed by atoms with Crippen LogP contribution < -0.4 is 0 Å². The molecule has 0 amide bonds. The largest absolute Gasteiger partial charge is 0.224 e. The number of hydrogen-bond donors (Lipinski definition) is 0. The second-order valence-electron chi connectivity index (χ2n) is 1.85. The summed E-state index contributed by atoms with van der Waals surface area (Å²) < 4.78 is 34.6. The van der Waals surface area contributed by atoms with Gasteiger partial charge < -0.3 is 0 Å². The van der Waals surface area contributed by atoms with E-state index in [0.717, 1.165) is 0 Å². The second-order valence-corrected chi connectivity index (χ2v) is 3.46. The quantitative estimate of drug-likeness (QED) is 0.446. The van der Waals surface area contributed by atoms with Gasteiger partial charge in [-0.1, -0.05) is 27.5 Å². The average Bonchev–Trinajstić information content (AvgIpc) is 2.08. The van der Waals surface area contributed by atoms with Crippen molar-refractivity contribution in [3.05, 3.63) is 21.9 Å². The van der Waals surface area contributed by atoms with Crippen molar-refractivity contribution in [3.63, 3.8) is 0 Å². The van der Waals surface area contributed by atoms with Crippen molar-refractivity contribution in [1.82, 2.24) is 9.97 Å². The van der Waals surface area contributed by atoms with Gasteiger partial charge in [0.25, 0.3) is 0 Å². The standard InChI is InChI=1S/C6H4BrCl2FN2/c1-2(7)4-3(10)5(8)12-6(9)11-4/h2H,1H3/i1D3. The molecule has 1 unspecified atom stereocenters. The molecule has 0 saturated carbocycles. The summed E-state index contributed by atoms with van der Waals surface area (Å²) in [5.41, 5.74) is -0.375. The van der Waals surface area contributed by atoms with Crippen molar-refractivity contribution in [2.45, 2.75) is 11.7 Å². The van der Waals surface area contributed by atoms with Gasteiger partial charge in [-0.3, -0.25) is 0 Å². The Morgan fingerprint density at radius 2 is 2.25 bits per heavy atom. The summed E-state index contributed by atoms with van der Waals surface area (Å²) in [5.74, 6) is -0.987. The van der Waals surface area contributed by atoms with E-state index < -0.39 is 22.6 Å². The number of alkyl halides is 1. The SMILES string of the molecule is [2H]C([2H])([2H])C(Br)c1nc(Cl)nc(Cl)c1F. The van der Waals surface area contributed by atoms with E-state index in [4.69, 9.17) is 27.3 Å². The van der Waals surface area contributed by atoms with Crippen LogP contribution in [0.25, 0.3) is 0 Å². The van der Waals surface area contributed by atoms with E-state index in [1.165, 1.54) is 0 Å². The van der Waals surface area contributed by atoms with Crippen molar-refractivity contribution in [3.8, 4) is 0 Å². The third-order valence-electron chi connectivity index (χ3n) is 1.05. The molecule has 1 rings (SSSR count). The van der Waals surface area contributed by atoms with Gasteiger partial charge in [-0.05, 0) is 18.5 Å². The number of halogens is 4. The Kier molecular flexibility index (Phi) is 2.09. The van der Waals surface area contributed by atoms with Crippen LogP contribution in [-0.4, -0.2) is 9.97 Å². The fraction of sp³-hybridized carbons (Fsp3) is 0.333. The first kappa shape index (κ1) is 6.51. The van der Waals surface area contributed by atoms with E-state index in [1.54, 1.807) is 0 Å². The van der Waals surface area contributed by atoms with Crippen LogP contribution in [0.2, 0.25) is 10.4 Å². The molecular weight excluding hydrogens is 270 g/mol. The van der Waals surface area contributed by atoms with Gasteiger partial charge >= 0.3 is 0 Å². The van der Waals surface area contributed by atoms with E-state index in [9.17, 15) is 4.39 Å². The molecule has 1 atom stereocenters. The molecule has 1 aromatic heterocycles. The van der Waals surface area contributed by atoms with Gasteiger partial charge in [0.15, 0.2) is 11.0 Å². The highest BCUT2D eigenvalue weighted by atomic mass is 79.9. The molecule has 0 radical (unpaired) electrons. The first-order valence-corrected chi connectivity index (χ1v) is 4.43. The Morgan fingerprint density at radius 1 is 1.58 bits per heavy atom. The smallest absolute Gasteiger partial charge is 0.219 e. The zero-order valence-corrected chi connectivity index (χ0v) is 8.58. The van der Waals surface area contributed by atoms with Crippen molar-refractivity contribution in [1.29, 1.82) is 0 Å². The third kappa shape index (κ3) is 2.06. The van der Waals surface area contributed by atoms with Crippen LogP contribution >= 0.6 is 39.1 Å². The van der Waals surface area contributed by atoms with Crippen LogP contribution in [0.5, 0.6) is 0 Å².